The van der Waals surface area contributed by atoms with Gasteiger partial charge in [-0.15, -0.1) is 0 Å². The first-order valence-corrected chi connectivity index (χ1v) is 7.00. The number of benzene rings is 1. The molecule has 20 heavy (non-hydrogen) atoms. The number of imidazole rings is 1. The molecule has 106 valence electrons. The fourth-order valence-electron chi connectivity index (χ4n) is 1.69. The zero-order valence-corrected chi connectivity index (χ0v) is 11.2. The van der Waals surface area contributed by atoms with Crippen molar-refractivity contribution in [3.05, 3.63) is 47.5 Å². The summed E-state index contributed by atoms with van der Waals surface area (Å²) in [6.07, 6.45) is -1.82. The molecular weight excluding hydrogens is 290 g/mol. The molecule has 0 amide bonds. The van der Waals surface area contributed by atoms with Gasteiger partial charge in [-0.1, -0.05) is 17.7 Å². The number of nitrogens with zero attached hydrogens (tertiary/aromatic N) is 2. The molecule has 0 bridgehead atoms. The third-order valence-corrected chi connectivity index (χ3v) is 4.40. The van der Waals surface area contributed by atoms with Gasteiger partial charge in [0.2, 0.25) is 5.95 Å². The van der Waals surface area contributed by atoms with E-state index in [0.29, 0.717) is 0 Å². The maximum atomic E-state index is 13.6. The van der Waals surface area contributed by atoms with Gasteiger partial charge in [-0.3, -0.25) is 0 Å². The largest absolute Gasteiger partial charge is 0.306 e. The van der Waals surface area contributed by atoms with Gasteiger partial charge in [0.15, 0.2) is 0 Å². The van der Waals surface area contributed by atoms with Crippen molar-refractivity contribution >= 4 is 16.3 Å². The molecule has 0 saturated heterocycles. The molecule has 5 nitrogen and oxygen atoms in total. The van der Waals surface area contributed by atoms with Gasteiger partial charge >= 0.3 is 6.08 Å². The Bertz CT molecular complexity index is 752. The Kier molecular flexibility index (Phi) is 3.67. The summed E-state index contributed by atoms with van der Waals surface area (Å²) in [4.78, 5) is 13.1. The van der Waals surface area contributed by atoms with E-state index in [4.69, 9.17) is 0 Å². The minimum Gasteiger partial charge on any atom is -0.303 e. The second-order valence-electron chi connectivity index (χ2n) is 4.07. The van der Waals surface area contributed by atoms with Gasteiger partial charge in [0.05, 0.1) is 4.90 Å². The van der Waals surface area contributed by atoms with Crippen molar-refractivity contribution in [1.29, 1.82) is 0 Å². The van der Waals surface area contributed by atoms with Gasteiger partial charge in [0.1, 0.15) is 12.0 Å². The van der Waals surface area contributed by atoms with E-state index in [1.54, 1.807) is 6.92 Å². The molecule has 0 saturated carbocycles. The highest BCUT2D eigenvalue weighted by Crippen LogP contribution is 2.20. The van der Waals surface area contributed by atoms with E-state index in [0.717, 1.165) is 5.56 Å². The van der Waals surface area contributed by atoms with Gasteiger partial charge < -0.3 is 4.79 Å². The molecule has 0 spiro atoms. The van der Waals surface area contributed by atoms with Crippen LogP contribution in [0.5, 0.6) is 0 Å². The fraction of sp³-hybridized carbons (Fsp3) is 0.167. The van der Waals surface area contributed by atoms with Crippen molar-refractivity contribution in [3.8, 4) is 0 Å². The summed E-state index contributed by atoms with van der Waals surface area (Å²) in [7, 11) is -4.34. The second-order valence-corrected chi connectivity index (χ2v) is 5.86. The van der Waals surface area contributed by atoms with E-state index >= 15 is 0 Å². The lowest BCUT2D eigenvalue weighted by Crippen LogP contribution is -2.18. The summed E-state index contributed by atoms with van der Waals surface area (Å²) in [5.74, 6) is -1.31. The van der Waals surface area contributed by atoms with Crippen LogP contribution in [0.3, 0.4) is 0 Å². The Morgan fingerprint density at radius 3 is 2.40 bits per heavy atom. The molecule has 2 aromatic rings. The van der Waals surface area contributed by atoms with Gasteiger partial charge in [-0.05, 0) is 19.1 Å². The van der Waals surface area contributed by atoms with Crippen molar-refractivity contribution in [3.63, 3.8) is 0 Å². The molecule has 0 unspecified atom stereocenters. The van der Waals surface area contributed by atoms with Crippen LogP contribution in [0, 0.1) is 18.9 Å². The average Bonchev–Trinajstić information content (AvgIpc) is 2.66. The van der Waals surface area contributed by atoms with Crippen LogP contribution in [-0.2, 0) is 21.2 Å². The van der Waals surface area contributed by atoms with Crippen molar-refractivity contribution in [2.45, 2.75) is 18.2 Å². The molecule has 0 fully saturated rings. The van der Waals surface area contributed by atoms with Crippen LogP contribution in [0.1, 0.15) is 11.3 Å². The topological polar surface area (TPSA) is 69.0 Å². The van der Waals surface area contributed by atoms with Crippen molar-refractivity contribution in [2.75, 3.05) is 0 Å². The van der Waals surface area contributed by atoms with E-state index < -0.39 is 34.2 Å². The van der Waals surface area contributed by atoms with Crippen LogP contribution in [0.2, 0.25) is 0 Å². The molecule has 0 radical (unpaired) electrons. The summed E-state index contributed by atoms with van der Waals surface area (Å²) in [5, 5.41) is 0. The molecule has 8 heteroatoms. The Morgan fingerprint density at radius 1 is 1.25 bits per heavy atom. The molecule has 0 N–H and O–H groups in total. The van der Waals surface area contributed by atoms with Crippen LogP contribution >= 0.6 is 0 Å². The van der Waals surface area contributed by atoms with Crippen LogP contribution in [0.15, 0.2) is 29.2 Å². The van der Waals surface area contributed by atoms with Crippen molar-refractivity contribution < 1.29 is 22.0 Å². The number of aryl methyl sites for hydroxylation is 1. The van der Waals surface area contributed by atoms with E-state index in [1.165, 1.54) is 24.3 Å². The summed E-state index contributed by atoms with van der Waals surface area (Å²) in [6.45, 7) is 1.76. The highest BCUT2D eigenvalue weighted by Gasteiger charge is 2.28. The van der Waals surface area contributed by atoms with Gasteiger partial charge in [0, 0.05) is 6.42 Å². The van der Waals surface area contributed by atoms with Crippen LogP contribution < -0.4 is 0 Å². The Hall–Kier alpha value is -2.09. The summed E-state index contributed by atoms with van der Waals surface area (Å²) < 4.78 is 51.6. The predicted molar refractivity (Wildman–Crippen MR) is 65.7 cm³/mol. The smallest absolute Gasteiger partial charge is 0.303 e. The van der Waals surface area contributed by atoms with Crippen molar-refractivity contribution in [2.24, 2.45) is 0 Å². The molecule has 1 aromatic heterocycles. The molecule has 2 rings (SSSR count). The van der Waals surface area contributed by atoms with Crippen molar-refractivity contribution in [1.82, 2.24) is 8.96 Å². The third kappa shape index (κ3) is 2.34. The molecular formula is C12H10F2N2O3S. The number of rotatable bonds is 4. The monoisotopic (exact) mass is 300 g/mol. The first-order valence-electron chi connectivity index (χ1n) is 5.56. The lowest BCUT2D eigenvalue weighted by Gasteiger charge is -2.08. The van der Waals surface area contributed by atoms with Gasteiger partial charge in [0.25, 0.3) is 10.0 Å². The maximum Gasteiger partial charge on any atom is 0.306 e. The zero-order chi connectivity index (χ0) is 14.9. The van der Waals surface area contributed by atoms with E-state index in [2.05, 4.69) is 4.98 Å². The number of hydrogen-bond donors (Lipinski definition) is 0. The standard InChI is InChI=1S/C12H10F2N2O3S/c1-8-2-4-9(5-3-8)20(18,19)16-10(6-7-17)11(13)15-12(16)14/h2-5,7H,6H2,1H3. The molecule has 0 atom stereocenters. The lowest BCUT2D eigenvalue weighted by molar-refractivity contribution is -0.107. The highest BCUT2D eigenvalue weighted by molar-refractivity contribution is 7.90. The summed E-state index contributed by atoms with van der Waals surface area (Å²) in [5.41, 5.74) is 0.187. The predicted octanol–water partition coefficient (Wildman–Crippen LogP) is 1.45. The molecule has 1 heterocycles. The number of carbonyl (C=O) groups is 1. The number of carbonyl (C=O) groups excluding carboxylic acids is 1. The average molecular weight is 300 g/mol. The Balaban J connectivity index is 2.66. The van der Waals surface area contributed by atoms with E-state index in [9.17, 15) is 22.0 Å². The SMILES string of the molecule is Cc1ccc(S(=O)(=O)n2c(F)nc(F)c2CC=O)cc1. The molecule has 0 aliphatic rings. The fourth-order valence-corrected chi connectivity index (χ4v) is 3.06. The number of aromatic nitrogens is 2. The first-order chi connectivity index (χ1) is 9.37. The zero-order valence-electron chi connectivity index (χ0n) is 10.4. The summed E-state index contributed by atoms with van der Waals surface area (Å²) in [6, 6.07) is 5.59. The molecule has 0 aliphatic heterocycles. The first kappa shape index (κ1) is 14.3. The Labute approximate surface area is 113 Å². The summed E-state index contributed by atoms with van der Waals surface area (Å²) >= 11 is 0. The quantitative estimate of drug-likeness (QED) is 0.801. The minimum absolute atomic E-state index is 0.112. The minimum atomic E-state index is -4.34. The molecule has 0 aliphatic carbocycles. The van der Waals surface area contributed by atoms with Crippen LogP contribution in [0.25, 0.3) is 0 Å². The van der Waals surface area contributed by atoms with Crippen LogP contribution in [0.4, 0.5) is 8.78 Å². The highest BCUT2D eigenvalue weighted by atomic mass is 32.2. The van der Waals surface area contributed by atoms with E-state index in [-0.39, 0.29) is 15.2 Å². The number of aldehydes is 1. The maximum absolute atomic E-state index is 13.6. The Morgan fingerprint density at radius 2 is 1.85 bits per heavy atom. The number of halogens is 2. The van der Waals surface area contributed by atoms with Gasteiger partial charge in [-0.25, -0.2) is 8.42 Å². The van der Waals surface area contributed by atoms with E-state index in [1.807, 2.05) is 0 Å². The normalized spacial score (nSPS) is 11.6. The lowest BCUT2D eigenvalue weighted by atomic mass is 10.2. The third-order valence-electron chi connectivity index (χ3n) is 2.68. The van der Waals surface area contributed by atoms with Gasteiger partial charge in [-0.2, -0.15) is 17.7 Å². The number of hydrogen-bond acceptors (Lipinski definition) is 4. The molecule has 1 aromatic carbocycles. The van der Waals surface area contributed by atoms with Crippen LogP contribution in [-0.4, -0.2) is 23.7 Å². The second kappa shape index (κ2) is 5.12.